The molecule has 0 radical (unpaired) electrons. The van der Waals surface area contributed by atoms with Crippen molar-refractivity contribution in [2.24, 2.45) is 10.7 Å². The number of amidine groups is 1. The number of rotatable bonds is 2. The van der Waals surface area contributed by atoms with Gasteiger partial charge in [-0.1, -0.05) is 11.6 Å². The van der Waals surface area contributed by atoms with Crippen molar-refractivity contribution < 1.29 is 0 Å². The number of halogens is 3. The molecule has 0 saturated heterocycles. The average molecular weight is 296 g/mol. The second-order valence-corrected chi connectivity index (χ2v) is 4.35. The van der Waals surface area contributed by atoms with E-state index in [4.69, 9.17) is 28.9 Å². The fourth-order valence-electron chi connectivity index (χ4n) is 1.01. The van der Waals surface area contributed by atoms with Gasteiger partial charge in [0.1, 0.15) is 5.84 Å². The van der Waals surface area contributed by atoms with Gasteiger partial charge in [-0.15, -0.1) is 11.6 Å². The van der Waals surface area contributed by atoms with Crippen LogP contribution in [0.4, 0.5) is 5.69 Å². The highest BCUT2D eigenvalue weighted by molar-refractivity contribution is 9.10. The standard InChI is InChI=1S/C9H9BrCl2N2/c1-5-2-6(12)3-7(10)9(5)14-8(13)4-11/h2-3H,4H2,1H3,(H2,13,14). The lowest BCUT2D eigenvalue weighted by molar-refractivity contribution is 1.35. The maximum absolute atomic E-state index is 5.86. The van der Waals surface area contributed by atoms with Crippen molar-refractivity contribution in [3.8, 4) is 0 Å². The molecule has 0 aliphatic heterocycles. The van der Waals surface area contributed by atoms with Crippen molar-refractivity contribution in [3.63, 3.8) is 0 Å². The van der Waals surface area contributed by atoms with Crippen LogP contribution in [-0.2, 0) is 0 Å². The summed E-state index contributed by atoms with van der Waals surface area (Å²) in [5, 5.41) is 0.665. The van der Waals surface area contributed by atoms with Crippen molar-refractivity contribution in [3.05, 3.63) is 27.2 Å². The van der Waals surface area contributed by atoms with Gasteiger partial charge in [0.25, 0.3) is 0 Å². The van der Waals surface area contributed by atoms with Gasteiger partial charge >= 0.3 is 0 Å². The van der Waals surface area contributed by atoms with E-state index in [0.717, 1.165) is 15.7 Å². The summed E-state index contributed by atoms with van der Waals surface area (Å²) in [6.07, 6.45) is 0. The Kier molecular flexibility index (Phi) is 4.23. The van der Waals surface area contributed by atoms with Crippen LogP contribution in [0.2, 0.25) is 5.02 Å². The van der Waals surface area contributed by atoms with Crippen LogP contribution in [0.25, 0.3) is 0 Å². The van der Waals surface area contributed by atoms with Gasteiger partial charge in [-0.2, -0.15) is 0 Å². The van der Waals surface area contributed by atoms with E-state index in [-0.39, 0.29) is 5.88 Å². The summed E-state index contributed by atoms with van der Waals surface area (Å²) in [5.41, 5.74) is 7.27. The van der Waals surface area contributed by atoms with Crippen LogP contribution < -0.4 is 5.73 Å². The van der Waals surface area contributed by atoms with Crippen LogP contribution in [-0.4, -0.2) is 11.7 Å². The van der Waals surface area contributed by atoms with Crippen LogP contribution >= 0.6 is 39.1 Å². The van der Waals surface area contributed by atoms with Crippen molar-refractivity contribution in [1.82, 2.24) is 0 Å². The molecule has 0 amide bonds. The summed E-state index contributed by atoms with van der Waals surface area (Å²) in [7, 11) is 0. The summed E-state index contributed by atoms with van der Waals surface area (Å²) >= 11 is 14.8. The molecule has 0 spiro atoms. The van der Waals surface area contributed by atoms with Crippen LogP contribution in [0, 0.1) is 6.92 Å². The van der Waals surface area contributed by atoms with Crippen LogP contribution in [0.3, 0.4) is 0 Å². The monoisotopic (exact) mass is 294 g/mol. The van der Waals surface area contributed by atoms with E-state index in [0.29, 0.717) is 10.9 Å². The normalized spacial score (nSPS) is 11.9. The summed E-state index contributed by atoms with van der Waals surface area (Å²) in [6.45, 7) is 1.91. The number of alkyl halides is 1. The Bertz CT molecular complexity index is 354. The smallest absolute Gasteiger partial charge is 0.115 e. The predicted octanol–water partition coefficient (Wildman–Crippen LogP) is 3.64. The minimum Gasteiger partial charge on any atom is -0.386 e. The topological polar surface area (TPSA) is 38.4 Å². The van der Waals surface area contributed by atoms with Gasteiger partial charge < -0.3 is 5.73 Å². The molecule has 0 aliphatic rings. The molecule has 1 aromatic rings. The zero-order valence-electron chi connectivity index (χ0n) is 7.52. The molecular weight excluding hydrogens is 287 g/mol. The van der Waals surface area contributed by atoms with Crippen LogP contribution in [0.1, 0.15) is 5.56 Å². The third-order valence-corrected chi connectivity index (χ3v) is 2.71. The number of benzene rings is 1. The zero-order chi connectivity index (χ0) is 10.7. The number of aliphatic imine (C=N–C) groups is 1. The molecule has 0 atom stereocenters. The molecule has 0 heterocycles. The van der Waals surface area contributed by atoms with E-state index in [1.165, 1.54) is 0 Å². The molecule has 14 heavy (non-hydrogen) atoms. The van der Waals surface area contributed by atoms with Gasteiger partial charge in [0.2, 0.25) is 0 Å². The Morgan fingerprint density at radius 1 is 1.57 bits per heavy atom. The molecular formula is C9H9BrCl2N2. The first kappa shape index (κ1) is 11.8. The first-order chi connectivity index (χ1) is 6.54. The predicted molar refractivity (Wildman–Crippen MR) is 65.9 cm³/mol. The van der Waals surface area contributed by atoms with Gasteiger partial charge in [0.15, 0.2) is 0 Å². The second kappa shape index (κ2) is 5.01. The largest absolute Gasteiger partial charge is 0.386 e. The number of hydrogen-bond donors (Lipinski definition) is 1. The molecule has 76 valence electrons. The Hall–Kier alpha value is -0.250. The molecule has 0 bridgehead atoms. The fourth-order valence-corrected chi connectivity index (χ4v) is 2.12. The van der Waals surface area contributed by atoms with Crippen molar-refractivity contribution in [2.45, 2.75) is 6.92 Å². The molecule has 5 heteroatoms. The maximum atomic E-state index is 5.86. The lowest BCUT2D eigenvalue weighted by atomic mass is 10.2. The van der Waals surface area contributed by atoms with Crippen LogP contribution in [0.15, 0.2) is 21.6 Å². The molecule has 0 aromatic heterocycles. The molecule has 0 saturated carbocycles. The molecule has 0 unspecified atom stereocenters. The summed E-state index contributed by atoms with van der Waals surface area (Å²) in [6, 6.07) is 3.60. The highest BCUT2D eigenvalue weighted by Crippen LogP contribution is 2.32. The molecule has 2 N–H and O–H groups in total. The van der Waals surface area contributed by atoms with Gasteiger partial charge in [-0.3, -0.25) is 0 Å². The first-order valence-corrected chi connectivity index (χ1v) is 5.59. The molecule has 0 aliphatic carbocycles. The van der Waals surface area contributed by atoms with Gasteiger partial charge in [-0.05, 0) is 40.5 Å². The highest BCUT2D eigenvalue weighted by atomic mass is 79.9. The van der Waals surface area contributed by atoms with E-state index in [9.17, 15) is 0 Å². The Labute approximate surface area is 101 Å². The third-order valence-electron chi connectivity index (χ3n) is 1.61. The number of aryl methyl sites for hydroxylation is 1. The van der Waals surface area contributed by atoms with E-state index in [2.05, 4.69) is 20.9 Å². The minimum atomic E-state index is 0.217. The van der Waals surface area contributed by atoms with Crippen molar-refractivity contribution in [1.29, 1.82) is 0 Å². The Balaban J connectivity index is 3.21. The second-order valence-electron chi connectivity index (χ2n) is 2.79. The molecule has 0 fully saturated rings. The Morgan fingerprint density at radius 3 is 2.71 bits per heavy atom. The molecule has 2 nitrogen and oxygen atoms in total. The van der Waals surface area contributed by atoms with E-state index >= 15 is 0 Å². The summed E-state index contributed by atoms with van der Waals surface area (Å²) in [5.74, 6) is 0.604. The number of hydrogen-bond acceptors (Lipinski definition) is 1. The zero-order valence-corrected chi connectivity index (χ0v) is 10.6. The third kappa shape index (κ3) is 2.87. The highest BCUT2D eigenvalue weighted by Gasteiger charge is 2.04. The quantitative estimate of drug-likeness (QED) is 0.505. The maximum Gasteiger partial charge on any atom is 0.115 e. The van der Waals surface area contributed by atoms with E-state index in [1.54, 1.807) is 6.07 Å². The minimum absolute atomic E-state index is 0.217. The fraction of sp³-hybridized carbons (Fsp3) is 0.222. The van der Waals surface area contributed by atoms with E-state index < -0.39 is 0 Å². The first-order valence-electron chi connectivity index (χ1n) is 3.89. The summed E-state index contributed by atoms with van der Waals surface area (Å²) < 4.78 is 0.815. The van der Waals surface area contributed by atoms with Crippen molar-refractivity contribution >= 4 is 50.7 Å². The SMILES string of the molecule is Cc1cc(Cl)cc(Br)c1N=C(N)CCl. The van der Waals surface area contributed by atoms with E-state index in [1.807, 2.05) is 13.0 Å². The number of nitrogens with two attached hydrogens (primary N) is 1. The number of nitrogens with zero attached hydrogens (tertiary/aromatic N) is 1. The molecule has 1 rings (SSSR count). The lowest BCUT2D eigenvalue weighted by Crippen LogP contribution is -2.12. The van der Waals surface area contributed by atoms with Gasteiger partial charge in [0, 0.05) is 9.50 Å². The molecule has 1 aromatic carbocycles. The van der Waals surface area contributed by atoms with Crippen LogP contribution in [0.5, 0.6) is 0 Å². The summed E-state index contributed by atoms with van der Waals surface area (Å²) in [4.78, 5) is 4.17. The van der Waals surface area contributed by atoms with Crippen molar-refractivity contribution in [2.75, 3.05) is 5.88 Å². The van der Waals surface area contributed by atoms with Gasteiger partial charge in [0.05, 0.1) is 11.6 Å². The average Bonchev–Trinajstić information content (AvgIpc) is 2.10. The lowest BCUT2D eigenvalue weighted by Gasteiger charge is -2.05. The van der Waals surface area contributed by atoms with Gasteiger partial charge in [-0.25, -0.2) is 4.99 Å². The Morgan fingerprint density at radius 2 is 2.21 bits per heavy atom.